The molecule has 3 aromatic rings. The van der Waals surface area contributed by atoms with Crippen molar-refractivity contribution in [3.63, 3.8) is 0 Å². The first-order valence-corrected chi connectivity index (χ1v) is 7.64. The Morgan fingerprint density at radius 3 is 2.38 bits per heavy atom. The summed E-state index contributed by atoms with van der Waals surface area (Å²) in [6.45, 7) is 0. The van der Waals surface area contributed by atoms with Gasteiger partial charge in [-0.15, -0.1) is 0 Å². The standard InChI is InChI=1S/C20H13NO3/c22-20-16(11-13-7-9-17(10-8-13)21(23)24)12-15-5-1-3-14-4-2-6-18(20)19(14)15/h1-11H,12H2. The van der Waals surface area contributed by atoms with E-state index < -0.39 is 4.92 Å². The molecule has 0 saturated carbocycles. The van der Waals surface area contributed by atoms with Crippen molar-refractivity contribution in [2.45, 2.75) is 6.42 Å². The molecule has 0 unspecified atom stereocenters. The van der Waals surface area contributed by atoms with Crippen LogP contribution in [0.2, 0.25) is 0 Å². The molecule has 0 aromatic heterocycles. The Kier molecular flexibility index (Phi) is 3.24. The van der Waals surface area contributed by atoms with Gasteiger partial charge in [0.05, 0.1) is 4.92 Å². The van der Waals surface area contributed by atoms with E-state index in [4.69, 9.17) is 0 Å². The lowest BCUT2D eigenvalue weighted by atomic mass is 9.84. The third-order valence-electron chi connectivity index (χ3n) is 4.35. The zero-order valence-corrected chi connectivity index (χ0v) is 12.7. The van der Waals surface area contributed by atoms with Crippen LogP contribution >= 0.6 is 0 Å². The number of rotatable bonds is 2. The molecule has 4 heteroatoms. The lowest BCUT2D eigenvalue weighted by Gasteiger charge is -2.18. The van der Waals surface area contributed by atoms with Crippen molar-refractivity contribution in [3.8, 4) is 0 Å². The first-order valence-electron chi connectivity index (χ1n) is 7.64. The third kappa shape index (κ3) is 2.29. The summed E-state index contributed by atoms with van der Waals surface area (Å²) < 4.78 is 0. The maximum atomic E-state index is 12.8. The van der Waals surface area contributed by atoms with Gasteiger partial charge in [0.1, 0.15) is 0 Å². The van der Waals surface area contributed by atoms with E-state index in [1.807, 2.05) is 42.5 Å². The molecule has 1 aliphatic carbocycles. The number of carbonyl (C=O) groups is 1. The topological polar surface area (TPSA) is 60.2 Å². The predicted molar refractivity (Wildman–Crippen MR) is 93.1 cm³/mol. The average molecular weight is 315 g/mol. The largest absolute Gasteiger partial charge is 0.289 e. The van der Waals surface area contributed by atoms with E-state index in [2.05, 4.69) is 0 Å². The Morgan fingerprint density at radius 2 is 1.67 bits per heavy atom. The first-order chi connectivity index (χ1) is 11.6. The van der Waals surface area contributed by atoms with Crippen LogP contribution in [0.5, 0.6) is 0 Å². The molecule has 24 heavy (non-hydrogen) atoms. The molecule has 0 bridgehead atoms. The van der Waals surface area contributed by atoms with Crippen LogP contribution in [-0.2, 0) is 6.42 Å². The SMILES string of the molecule is O=C1C(=Cc2ccc([N+](=O)[O-])cc2)Cc2cccc3cccc1c23. The highest BCUT2D eigenvalue weighted by Crippen LogP contribution is 2.32. The van der Waals surface area contributed by atoms with Gasteiger partial charge in [-0.2, -0.15) is 0 Å². The summed E-state index contributed by atoms with van der Waals surface area (Å²) in [7, 11) is 0. The van der Waals surface area contributed by atoms with E-state index in [1.165, 1.54) is 12.1 Å². The molecule has 3 aromatic carbocycles. The molecule has 0 amide bonds. The molecule has 1 aliphatic rings. The van der Waals surface area contributed by atoms with Crippen molar-refractivity contribution in [1.29, 1.82) is 0 Å². The van der Waals surface area contributed by atoms with Crippen molar-refractivity contribution in [2.24, 2.45) is 0 Å². The number of nitro benzene ring substituents is 1. The van der Waals surface area contributed by atoms with E-state index in [9.17, 15) is 14.9 Å². The van der Waals surface area contributed by atoms with Crippen LogP contribution < -0.4 is 0 Å². The lowest BCUT2D eigenvalue weighted by Crippen LogP contribution is -2.13. The molecular formula is C20H13NO3. The Morgan fingerprint density at radius 1 is 0.958 bits per heavy atom. The number of hydrogen-bond donors (Lipinski definition) is 0. The highest BCUT2D eigenvalue weighted by atomic mass is 16.6. The molecule has 0 N–H and O–H groups in total. The summed E-state index contributed by atoms with van der Waals surface area (Å²) in [5.41, 5.74) is 3.39. The molecule has 4 rings (SSSR count). The molecule has 0 spiro atoms. The highest BCUT2D eigenvalue weighted by Gasteiger charge is 2.23. The van der Waals surface area contributed by atoms with Crippen molar-refractivity contribution >= 4 is 28.3 Å². The van der Waals surface area contributed by atoms with Gasteiger partial charge in [-0.25, -0.2) is 0 Å². The van der Waals surface area contributed by atoms with Crippen LogP contribution in [0.4, 0.5) is 5.69 Å². The van der Waals surface area contributed by atoms with E-state index >= 15 is 0 Å². The Labute approximate surface area is 138 Å². The zero-order chi connectivity index (χ0) is 16.7. The lowest BCUT2D eigenvalue weighted by molar-refractivity contribution is -0.384. The molecule has 116 valence electrons. The van der Waals surface area contributed by atoms with Gasteiger partial charge in [-0.05, 0) is 40.1 Å². The number of Topliss-reactive ketones (excluding diaryl/α,β-unsaturated/α-hetero) is 1. The second kappa shape index (κ2) is 5.42. The van der Waals surface area contributed by atoms with E-state index in [-0.39, 0.29) is 11.5 Å². The minimum Gasteiger partial charge on any atom is -0.289 e. The van der Waals surface area contributed by atoms with Gasteiger partial charge in [-0.3, -0.25) is 14.9 Å². The minimum atomic E-state index is -0.431. The second-order valence-electron chi connectivity index (χ2n) is 5.84. The molecule has 4 nitrogen and oxygen atoms in total. The highest BCUT2D eigenvalue weighted by molar-refractivity contribution is 6.21. The molecule has 0 atom stereocenters. The first kappa shape index (κ1) is 14.3. The van der Waals surface area contributed by atoms with E-state index in [0.29, 0.717) is 12.0 Å². The molecule has 0 saturated heterocycles. The van der Waals surface area contributed by atoms with E-state index in [1.54, 1.807) is 12.1 Å². The molecular weight excluding hydrogens is 302 g/mol. The zero-order valence-electron chi connectivity index (χ0n) is 12.7. The number of nitro groups is 1. The fraction of sp³-hybridized carbons (Fsp3) is 0.0500. The number of nitrogens with zero attached hydrogens (tertiary/aromatic N) is 1. The van der Waals surface area contributed by atoms with Gasteiger partial charge in [0.25, 0.3) is 5.69 Å². The summed E-state index contributed by atoms with van der Waals surface area (Å²) in [4.78, 5) is 23.1. The molecule has 0 radical (unpaired) electrons. The monoisotopic (exact) mass is 315 g/mol. The summed E-state index contributed by atoms with van der Waals surface area (Å²) in [6, 6.07) is 18.1. The van der Waals surface area contributed by atoms with Crippen LogP contribution in [0, 0.1) is 10.1 Å². The van der Waals surface area contributed by atoms with Crippen molar-refractivity contribution in [2.75, 3.05) is 0 Å². The quantitative estimate of drug-likeness (QED) is 0.395. The molecule has 0 aliphatic heterocycles. The van der Waals surface area contributed by atoms with Gasteiger partial charge in [0, 0.05) is 29.7 Å². The Bertz CT molecular complexity index is 1010. The van der Waals surface area contributed by atoms with Crippen LogP contribution in [0.3, 0.4) is 0 Å². The number of benzene rings is 3. The van der Waals surface area contributed by atoms with E-state index in [0.717, 1.165) is 27.5 Å². The van der Waals surface area contributed by atoms with Crippen molar-refractivity contribution in [3.05, 3.63) is 93.0 Å². The summed E-state index contributed by atoms with van der Waals surface area (Å²) in [5, 5.41) is 12.8. The maximum absolute atomic E-state index is 12.8. The van der Waals surface area contributed by atoms with Crippen LogP contribution in [0.15, 0.2) is 66.2 Å². The molecule has 0 fully saturated rings. The minimum absolute atomic E-state index is 0.0256. The van der Waals surface area contributed by atoms with Crippen LogP contribution in [-0.4, -0.2) is 10.7 Å². The average Bonchev–Trinajstić information content (AvgIpc) is 2.60. The van der Waals surface area contributed by atoms with Gasteiger partial charge in [0.2, 0.25) is 0 Å². The number of hydrogen-bond acceptors (Lipinski definition) is 3. The Balaban J connectivity index is 1.78. The Hall–Kier alpha value is -3.27. The van der Waals surface area contributed by atoms with Gasteiger partial charge in [0.15, 0.2) is 5.78 Å². The smallest absolute Gasteiger partial charge is 0.269 e. The van der Waals surface area contributed by atoms with Gasteiger partial charge < -0.3 is 0 Å². The number of ketones is 1. The van der Waals surface area contributed by atoms with Crippen LogP contribution in [0.25, 0.3) is 16.8 Å². The normalized spacial score (nSPS) is 15.0. The summed E-state index contributed by atoms with van der Waals surface area (Å²) >= 11 is 0. The van der Waals surface area contributed by atoms with Crippen molar-refractivity contribution < 1.29 is 9.72 Å². The molecule has 0 heterocycles. The van der Waals surface area contributed by atoms with Gasteiger partial charge in [-0.1, -0.05) is 36.4 Å². The van der Waals surface area contributed by atoms with Crippen LogP contribution in [0.1, 0.15) is 21.5 Å². The fourth-order valence-corrected chi connectivity index (χ4v) is 3.22. The fourth-order valence-electron chi connectivity index (χ4n) is 3.22. The van der Waals surface area contributed by atoms with Gasteiger partial charge >= 0.3 is 0 Å². The summed E-state index contributed by atoms with van der Waals surface area (Å²) in [6.07, 6.45) is 2.39. The predicted octanol–water partition coefficient (Wildman–Crippen LogP) is 4.57. The number of allylic oxidation sites excluding steroid dienone is 1. The number of non-ortho nitro benzene ring substituents is 1. The van der Waals surface area contributed by atoms with Crippen molar-refractivity contribution in [1.82, 2.24) is 0 Å². The number of carbonyl (C=O) groups excluding carboxylic acids is 1. The summed E-state index contributed by atoms with van der Waals surface area (Å²) in [5.74, 6) is 0.0256. The maximum Gasteiger partial charge on any atom is 0.269 e. The third-order valence-corrected chi connectivity index (χ3v) is 4.35. The second-order valence-corrected chi connectivity index (χ2v) is 5.84.